The van der Waals surface area contributed by atoms with Gasteiger partial charge in [0.25, 0.3) is 0 Å². The number of hydrogen-bond acceptors (Lipinski definition) is 4. The Labute approximate surface area is 99.1 Å². The van der Waals surface area contributed by atoms with Crippen LogP contribution in [0, 0.1) is 11.3 Å². The summed E-state index contributed by atoms with van der Waals surface area (Å²) < 4.78 is 0. The van der Waals surface area contributed by atoms with E-state index in [9.17, 15) is 0 Å². The molecule has 0 bridgehead atoms. The Hall–Kier alpha value is -2.67. The fraction of sp³-hybridized carbons (Fsp3) is 0. The fourth-order valence-electron chi connectivity index (χ4n) is 1.40. The van der Waals surface area contributed by atoms with E-state index in [4.69, 9.17) is 11.0 Å². The highest BCUT2D eigenvalue weighted by molar-refractivity contribution is 5.71. The average molecular weight is 222 g/mol. The molecule has 4 heteroatoms. The van der Waals surface area contributed by atoms with Crippen LogP contribution < -0.4 is 5.73 Å². The molecule has 0 saturated heterocycles. The van der Waals surface area contributed by atoms with Gasteiger partial charge in [0, 0.05) is 6.20 Å². The molecule has 1 aromatic carbocycles. The number of hydrogen-bond donors (Lipinski definition) is 1. The average Bonchev–Trinajstić information content (AvgIpc) is 2.37. The quantitative estimate of drug-likeness (QED) is 0.844. The number of benzene rings is 1. The van der Waals surface area contributed by atoms with E-state index in [1.165, 1.54) is 0 Å². The Kier molecular flexibility index (Phi) is 3.13. The maximum absolute atomic E-state index is 8.93. The number of nitrogen functional groups attached to an aromatic ring is 1. The van der Waals surface area contributed by atoms with E-state index in [1.54, 1.807) is 24.4 Å². The first-order valence-electron chi connectivity index (χ1n) is 5.05. The lowest BCUT2D eigenvalue weighted by atomic mass is 10.1. The molecule has 0 aliphatic rings. The van der Waals surface area contributed by atoms with Gasteiger partial charge in [-0.3, -0.25) is 0 Å². The van der Waals surface area contributed by atoms with E-state index >= 15 is 0 Å². The van der Waals surface area contributed by atoms with Gasteiger partial charge in [0.15, 0.2) is 0 Å². The number of nitriles is 1. The van der Waals surface area contributed by atoms with Crippen molar-refractivity contribution in [1.29, 1.82) is 5.26 Å². The molecule has 0 fully saturated rings. The lowest BCUT2D eigenvalue weighted by Crippen LogP contribution is -1.94. The van der Waals surface area contributed by atoms with Crippen molar-refractivity contribution < 1.29 is 0 Å². The summed E-state index contributed by atoms with van der Waals surface area (Å²) in [5.41, 5.74) is 7.67. The lowest BCUT2D eigenvalue weighted by molar-refractivity contribution is 1.17. The molecule has 2 aromatic rings. The second-order valence-corrected chi connectivity index (χ2v) is 3.37. The monoisotopic (exact) mass is 222 g/mol. The second-order valence-electron chi connectivity index (χ2n) is 3.37. The summed E-state index contributed by atoms with van der Waals surface area (Å²) >= 11 is 0. The van der Waals surface area contributed by atoms with Crippen molar-refractivity contribution in [1.82, 2.24) is 9.97 Å². The first kappa shape index (κ1) is 10.8. The molecule has 2 rings (SSSR count). The van der Waals surface area contributed by atoms with E-state index in [-0.39, 0.29) is 5.95 Å². The molecule has 0 unspecified atom stereocenters. The Bertz CT molecular complexity index is 596. The van der Waals surface area contributed by atoms with Crippen LogP contribution in [0.1, 0.15) is 16.8 Å². The van der Waals surface area contributed by atoms with Crippen LogP contribution in [0.5, 0.6) is 0 Å². The van der Waals surface area contributed by atoms with E-state index in [0.717, 1.165) is 5.56 Å². The van der Waals surface area contributed by atoms with Crippen LogP contribution in [0.15, 0.2) is 36.5 Å². The van der Waals surface area contributed by atoms with Crippen LogP contribution in [0.4, 0.5) is 5.95 Å². The van der Waals surface area contributed by atoms with Crippen molar-refractivity contribution in [3.05, 3.63) is 53.3 Å². The van der Waals surface area contributed by atoms with Crippen LogP contribution >= 0.6 is 0 Å². The predicted octanol–water partition coefficient (Wildman–Crippen LogP) is 2.10. The van der Waals surface area contributed by atoms with Crippen molar-refractivity contribution in [3.63, 3.8) is 0 Å². The largest absolute Gasteiger partial charge is 0.368 e. The zero-order valence-electron chi connectivity index (χ0n) is 9.04. The molecule has 2 N–H and O–H groups in total. The van der Waals surface area contributed by atoms with Gasteiger partial charge in [-0.15, -0.1) is 0 Å². The molecular weight excluding hydrogens is 212 g/mol. The Morgan fingerprint density at radius 2 is 2.00 bits per heavy atom. The van der Waals surface area contributed by atoms with E-state index < -0.39 is 0 Å². The third-order valence-electron chi connectivity index (χ3n) is 2.21. The summed E-state index contributed by atoms with van der Waals surface area (Å²) in [5, 5.41) is 8.93. The zero-order chi connectivity index (χ0) is 12.1. The van der Waals surface area contributed by atoms with Crippen LogP contribution in [0.25, 0.3) is 12.2 Å². The fourth-order valence-corrected chi connectivity index (χ4v) is 1.40. The van der Waals surface area contributed by atoms with Gasteiger partial charge in [-0.2, -0.15) is 5.26 Å². The normalized spacial score (nSPS) is 10.3. The highest BCUT2D eigenvalue weighted by atomic mass is 15.0. The van der Waals surface area contributed by atoms with Gasteiger partial charge >= 0.3 is 0 Å². The third kappa shape index (κ3) is 2.67. The molecule has 0 aliphatic carbocycles. The molecule has 1 heterocycles. The van der Waals surface area contributed by atoms with Crippen LogP contribution in [0.3, 0.4) is 0 Å². The van der Waals surface area contributed by atoms with Gasteiger partial charge in [-0.25, -0.2) is 9.97 Å². The second kappa shape index (κ2) is 4.90. The molecule has 0 spiro atoms. The van der Waals surface area contributed by atoms with Gasteiger partial charge in [0.1, 0.15) is 0 Å². The summed E-state index contributed by atoms with van der Waals surface area (Å²) in [5.74, 6) is 0.237. The predicted molar refractivity (Wildman–Crippen MR) is 66.5 cm³/mol. The summed E-state index contributed by atoms with van der Waals surface area (Å²) in [7, 11) is 0. The number of aromatic nitrogens is 2. The standard InChI is InChI=1S/C13H10N4/c14-9-11-4-2-1-3-10(11)5-6-12-7-8-16-13(15)17-12/h1-8H,(H2,15,16,17)/b6-5+. The van der Waals surface area contributed by atoms with E-state index in [0.29, 0.717) is 11.3 Å². The Morgan fingerprint density at radius 1 is 1.18 bits per heavy atom. The van der Waals surface area contributed by atoms with Crippen molar-refractivity contribution in [2.24, 2.45) is 0 Å². The first-order chi connectivity index (χ1) is 8.29. The van der Waals surface area contributed by atoms with Crippen molar-refractivity contribution in [2.75, 3.05) is 5.73 Å². The molecule has 0 saturated carbocycles. The van der Waals surface area contributed by atoms with Crippen LogP contribution in [0.2, 0.25) is 0 Å². The lowest BCUT2D eigenvalue weighted by Gasteiger charge is -1.97. The van der Waals surface area contributed by atoms with E-state index in [1.807, 2.05) is 24.3 Å². The topological polar surface area (TPSA) is 75.6 Å². The first-order valence-corrected chi connectivity index (χ1v) is 5.05. The van der Waals surface area contributed by atoms with Crippen molar-refractivity contribution in [3.8, 4) is 6.07 Å². The Morgan fingerprint density at radius 3 is 2.76 bits per heavy atom. The number of anilines is 1. The van der Waals surface area contributed by atoms with Gasteiger partial charge in [0.05, 0.1) is 17.3 Å². The third-order valence-corrected chi connectivity index (χ3v) is 2.21. The summed E-state index contributed by atoms with van der Waals surface area (Å²) in [4.78, 5) is 7.85. The van der Waals surface area contributed by atoms with Crippen molar-refractivity contribution >= 4 is 18.1 Å². The minimum Gasteiger partial charge on any atom is -0.368 e. The smallest absolute Gasteiger partial charge is 0.220 e. The minimum atomic E-state index is 0.237. The van der Waals surface area contributed by atoms with Crippen molar-refractivity contribution in [2.45, 2.75) is 0 Å². The van der Waals surface area contributed by atoms with E-state index in [2.05, 4.69) is 16.0 Å². The summed E-state index contributed by atoms with van der Waals surface area (Å²) in [6, 6.07) is 11.2. The maximum Gasteiger partial charge on any atom is 0.220 e. The summed E-state index contributed by atoms with van der Waals surface area (Å²) in [6.07, 6.45) is 5.23. The number of rotatable bonds is 2. The highest BCUT2D eigenvalue weighted by Gasteiger charge is 1.96. The van der Waals surface area contributed by atoms with Crippen LogP contribution in [-0.2, 0) is 0 Å². The molecule has 0 radical (unpaired) electrons. The van der Waals surface area contributed by atoms with Gasteiger partial charge in [0.2, 0.25) is 5.95 Å². The molecule has 82 valence electrons. The molecule has 0 amide bonds. The van der Waals surface area contributed by atoms with Gasteiger partial charge < -0.3 is 5.73 Å². The van der Waals surface area contributed by atoms with Crippen LogP contribution in [-0.4, -0.2) is 9.97 Å². The molecule has 0 atom stereocenters. The molecule has 0 aliphatic heterocycles. The number of nitrogens with two attached hydrogens (primary N) is 1. The maximum atomic E-state index is 8.93. The minimum absolute atomic E-state index is 0.237. The number of nitrogens with zero attached hydrogens (tertiary/aromatic N) is 3. The SMILES string of the molecule is N#Cc1ccccc1/C=C/c1ccnc(N)n1. The van der Waals surface area contributed by atoms with Gasteiger partial charge in [-0.05, 0) is 23.8 Å². The molecule has 1 aromatic heterocycles. The highest BCUT2D eigenvalue weighted by Crippen LogP contribution is 2.11. The molecular formula is C13H10N4. The molecule has 4 nitrogen and oxygen atoms in total. The van der Waals surface area contributed by atoms with Gasteiger partial charge in [-0.1, -0.05) is 24.3 Å². The zero-order valence-corrected chi connectivity index (χ0v) is 9.04. The Balaban J connectivity index is 2.30. The molecule has 17 heavy (non-hydrogen) atoms. The summed E-state index contributed by atoms with van der Waals surface area (Å²) in [6.45, 7) is 0.